The largest absolute Gasteiger partial charge is 0.378 e. The van der Waals surface area contributed by atoms with Gasteiger partial charge in [0.05, 0.1) is 13.2 Å². The number of carbonyl (C=O) groups excluding carboxylic acids is 1. The van der Waals surface area contributed by atoms with Crippen LogP contribution in [0.5, 0.6) is 0 Å². The summed E-state index contributed by atoms with van der Waals surface area (Å²) in [5, 5.41) is 0. The molecule has 2 aliphatic rings. The van der Waals surface area contributed by atoms with Gasteiger partial charge >= 0.3 is 0 Å². The Morgan fingerprint density at radius 2 is 2.27 bits per heavy atom. The number of aliphatic imine (C=N–C) groups is 1. The van der Waals surface area contributed by atoms with Gasteiger partial charge in [0.15, 0.2) is 6.29 Å². The molecular formula is C10H13FN2O2. The number of allylic oxidation sites excluding steroid dienone is 2. The van der Waals surface area contributed by atoms with Gasteiger partial charge in [0, 0.05) is 31.4 Å². The summed E-state index contributed by atoms with van der Waals surface area (Å²) in [5.41, 5.74) is 1.06. The van der Waals surface area contributed by atoms with Gasteiger partial charge in [0.1, 0.15) is 11.9 Å². The maximum atomic E-state index is 13.1. The minimum Gasteiger partial charge on any atom is -0.378 e. The molecule has 0 aromatic rings. The highest BCUT2D eigenvalue weighted by Gasteiger charge is 2.23. The molecule has 2 rings (SSSR count). The highest BCUT2D eigenvalue weighted by Crippen LogP contribution is 2.22. The predicted octanol–water partition coefficient (Wildman–Crippen LogP) is 0.542. The van der Waals surface area contributed by atoms with E-state index >= 15 is 0 Å². The number of hydrogen-bond donors (Lipinski definition) is 0. The van der Waals surface area contributed by atoms with Crippen molar-refractivity contribution < 1.29 is 13.9 Å². The van der Waals surface area contributed by atoms with Crippen LogP contribution in [0.1, 0.15) is 6.42 Å². The molecule has 1 unspecified atom stereocenters. The Morgan fingerprint density at radius 1 is 1.53 bits per heavy atom. The van der Waals surface area contributed by atoms with E-state index in [0.29, 0.717) is 44.0 Å². The van der Waals surface area contributed by atoms with Gasteiger partial charge in [-0.2, -0.15) is 0 Å². The highest BCUT2D eigenvalue weighted by atomic mass is 19.1. The standard InChI is InChI=1S/C10H13FN2O2/c11-8-5-10(9(7-14)12-6-8)13-1-3-15-4-2-13/h6-8H,1-5H2. The summed E-state index contributed by atoms with van der Waals surface area (Å²) in [6.07, 6.45) is 1.05. The first-order chi connectivity index (χ1) is 7.31. The lowest BCUT2D eigenvalue weighted by atomic mass is 10.1. The van der Waals surface area contributed by atoms with Crippen molar-refractivity contribution in [3.63, 3.8) is 0 Å². The number of ether oxygens (including phenoxy) is 1. The first-order valence-corrected chi connectivity index (χ1v) is 5.00. The van der Waals surface area contributed by atoms with Gasteiger partial charge < -0.3 is 9.64 Å². The molecule has 15 heavy (non-hydrogen) atoms. The molecule has 0 aromatic heterocycles. The highest BCUT2D eigenvalue weighted by molar-refractivity contribution is 5.81. The van der Waals surface area contributed by atoms with Crippen LogP contribution >= 0.6 is 0 Å². The van der Waals surface area contributed by atoms with Crippen LogP contribution in [0.15, 0.2) is 16.4 Å². The van der Waals surface area contributed by atoms with E-state index in [4.69, 9.17) is 4.74 Å². The van der Waals surface area contributed by atoms with Crippen molar-refractivity contribution in [2.24, 2.45) is 4.99 Å². The fourth-order valence-electron chi connectivity index (χ4n) is 1.80. The number of halogens is 1. The van der Waals surface area contributed by atoms with E-state index in [0.717, 1.165) is 0 Å². The van der Waals surface area contributed by atoms with Crippen molar-refractivity contribution in [2.45, 2.75) is 12.6 Å². The zero-order valence-corrected chi connectivity index (χ0v) is 8.36. The SMILES string of the molecule is O=CC1=C(N2CCOCC2)CC(F)C=N1. The Labute approximate surface area is 87.4 Å². The van der Waals surface area contributed by atoms with Crippen molar-refractivity contribution in [3.8, 4) is 0 Å². The van der Waals surface area contributed by atoms with E-state index in [2.05, 4.69) is 4.99 Å². The summed E-state index contributed by atoms with van der Waals surface area (Å²) in [4.78, 5) is 16.6. The fourth-order valence-corrected chi connectivity index (χ4v) is 1.80. The van der Waals surface area contributed by atoms with E-state index < -0.39 is 6.17 Å². The van der Waals surface area contributed by atoms with Gasteiger partial charge in [0.2, 0.25) is 0 Å². The Balaban J connectivity index is 2.18. The molecule has 2 heterocycles. The number of aldehydes is 1. The van der Waals surface area contributed by atoms with Crippen LogP contribution < -0.4 is 0 Å². The van der Waals surface area contributed by atoms with Crippen LogP contribution in [0.4, 0.5) is 4.39 Å². The van der Waals surface area contributed by atoms with E-state index in [1.807, 2.05) is 4.90 Å². The third kappa shape index (κ3) is 2.23. The summed E-state index contributed by atoms with van der Waals surface area (Å²) >= 11 is 0. The van der Waals surface area contributed by atoms with Crippen molar-refractivity contribution in [3.05, 3.63) is 11.4 Å². The fraction of sp³-hybridized carbons (Fsp3) is 0.600. The molecule has 0 spiro atoms. The van der Waals surface area contributed by atoms with E-state index in [9.17, 15) is 9.18 Å². The van der Waals surface area contributed by atoms with Gasteiger partial charge in [-0.05, 0) is 0 Å². The summed E-state index contributed by atoms with van der Waals surface area (Å²) < 4.78 is 18.3. The van der Waals surface area contributed by atoms with E-state index in [-0.39, 0.29) is 6.42 Å². The zero-order chi connectivity index (χ0) is 10.7. The van der Waals surface area contributed by atoms with Crippen LogP contribution in [-0.4, -0.2) is 49.9 Å². The topological polar surface area (TPSA) is 41.9 Å². The summed E-state index contributed by atoms with van der Waals surface area (Å²) in [7, 11) is 0. The Kier molecular flexibility index (Phi) is 3.11. The molecular weight excluding hydrogens is 199 g/mol. The molecule has 0 saturated carbocycles. The Hall–Kier alpha value is -1.23. The molecule has 2 aliphatic heterocycles. The molecule has 82 valence electrons. The molecule has 0 aromatic carbocycles. The number of morpholine rings is 1. The minimum atomic E-state index is -1.08. The van der Waals surface area contributed by atoms with Gasteiger partial charge in [-0.3, -0.25) is 9.79 Å². The van der Waals surface area contributed by atoms with Crippen LogP contribution in [0.3, 0.4) is 0 Å². The van der Waals surface area contributed by atoms with Crippen molar-refractivity contribution in [2.75, 3.05) is 26.3 Å². The number of carbonyl (C=O) groups is 1. The average Bonchev–Trinajstić information content (AvgIpc) is 2.30. The predicted molar refractivity (Wildman–Crippen MR) is 53.5 cm³/mol. The van der Waals surface area contributed by atoms with Gasteiger partial charge in [-0.15, -0.1) is 0 Å². The number of rotatable bonds is 2. The summed E-state index contributed by atoms with van der Waals surface area (Å²) in [5.74, 6) is 0. The third-order valence-electron chi connectivity index (χ3n) is 2.56. The van der Waals surface area contributed by atoms with Gasteiger partial charge in [-0.25, -0.2) is 4.39 Å². The van der Waals surface area contributed by atoms with E-state index in [1.54, 1.807) is 0 Å². The minimum absolute atomic E-state index is 0.248. The molecule has 1 fully saturated rings. The Bertz CT molecular complexity index is 309. The first kappa shape index (κ1) is 10.3. The maximum absolute atomic E-state index is 13.1. The molecule has 0 aliphatic carbocycles. The van der Waals surface area contributed by atoms with Gasteiger partial charge in [0.25, 0.3) is 0 Å². The molecule has 0 bridgehead atoms. The van der Waals surface area contributed by atoms with Crippen LogP contribution in [0.25, 0.3) is 0 Å². The first-order valence-electron chi connectivity index (χ1n) is 5.00. The second-order valence-corrected chi connectivity index (χ2v) is 3.55. The second-order valence-electron chi connectivity index (χ2n) is 3.55. The maximum Gasteiger partial charge on any atom is 0.170 e. The van der Waals surface area contributed by atoms with Crippen LogP contribution in [-0.2, 0) is 9.53 Å². The third-order valence-corrected chi connectivity index (χ3v) is 2.56. The normalized spacial score (nSPS) is 27.0. The number of hydrogen-bond acceptors (Lipinski definition) is 4. The van der Waals surface area contributed by atoms with Gasteiger partial charge in [-0.1, -0.05) is 0 Å². The quantitative estimate of drug-likeness (QED) is 0.627. The van der Waals surface area contributed by atoms with Crippen molar-refractivity contribution >= 4 is 12.5 Å². The molecule has 0 radical (unpaired) electrons. The summed E-state index contributed by atoms with van der Waals surface area (Å²) in [6.45, 7) is 2.65. The van der Waals surface area contributed by atoms with Crippen LogP contribution in [0, 0.1) is 0 Å². The molecule has 1 saturated heterocycles. The second kappa shape index (κ2) is 4.53. The molecule has 0 amide bonds. The molecule has 5 heteroatoms. The smallest absolute Gasteiger partial charge is 0.170 e. The van der Waals surface area contributed by atoms with Crippen LogP contribution in [0.2, 0.25) is 0 Å². The van der Waals surface area contributed by atoms with E-state index in [1.165, 1.54) is 6.21 Å². The van der Waals surface area contributed by atoms with Crippen molar-refractivity contribution in [1.82, 2.24) is 4.90 Å². The monoisotopic (exact) mass is 212 g/mol. The Morgan fingerprint density at radius 3 is 2.93 bits per heavy atom. The number of nitrogens with zero attached hydrogens (tertiary/aromatic N) is 2. The molecule has 0 N–H and O–H groups in total. The zero-order valence-electron chi connectivity index (χ0n) is 8.36. The average molecular weight is 212 g/mol. The lowest BCUT2D eigenvalue weighted by Gasteiger charge is -2.32. The lowest BCUT2D eigenvalue weighted by molar-refractivity contribution is -0.105. The van der Waals surface area contributed by atoms with Crippen molar-refractivity contribution in [1.29, 1.82) is 0 Å². The number of alkyl halides is 1. The molecule has 1 atom stereocenters. The lowest BCUT2D eigenvalue weighted by Crippen LogP contribution is -2.37. The molecule has 4 nitrogen and oxygen atoms in total. The summed E-state index contributed by atoms with van der Waals surface area (Å²) in [6, 6.07) is 0.